The fourth-order valence-corrected chi connectivity index (χ4v) is 1.93. The summed E-state index contributed by atoms with van der Waals surface area (Å²) in [6, 6.07) is 3.49. The molecule has 106 valence electrons. The fourth-order valence-electron chi connectivity index (χ4n) is 1.93. The van der Waals surface area contributed by atoms with Crippen LogP contribution in [0.25, 0.3) is 0 Å². The molecule has 1 N–H and O–H groups in total. The van der Waals surface area contributed by atoms with Gasteiger partial charge in [-0.15, -0.1) is 10.2 Å². The second-order valence-electron chi connectivity index (χ2n) is 4.44. The number of hydrogen-bond donors (Lipinski definition) is 1. The van der Waals surface area contributed by atoms with Gasteiger partial charge in [0, 0.05) is 19.5 Å². The molecule has 0 aliphatic heterocycles. The lowest BCUT2D eigenvalue weighted by Gasteiger charge is -2.21. The molecule has 1 atom stereocenters. The number of nitro groups is 1. The van der Waals surface area contributed by atoms with E-state index < -0.39 is 10.7 Å². The van der Waals surface area contributed by atoms with E-state index in [1.807, 2.05) is 6.92 Å². The Morgan fingerprint density at radius 3 is 2.90 bits per heavy atom. The SMILES string of the molecule is CC(CN(C)c1ccc(F)cc1[N+](=O)[O-])c1nn[nH]n1. The van der Waals surface area contributed by atoms with Crippen molar-refractivity contribution in [3.63, 3.8) is 0 Å². The van der Waals surface area contributed by atoms with Gasteiger partial charge in [0.15, 0.2) is 5.82 Å². The Hall–Kier alpha value is -2.58. The van der Waals surface area contributed by atoms with Gasteiger partial charge >= 0.3 is 0 Å². The van der Waals surface area contributed by atoms with E-state index in [0.29, 0.717) is 18.1 Å². The van der Waals surface area contributed by atoms with Crippen LogP contribution in [0.1, 0.15) is 18.7 Å². The van der Waals surface area contributed by atoms with Crippen molar-refractivity contribution in [1.29, 1.82) is 0 Å². The number of hydrogen-bond acceptors (Lipinski definition) is 6. The number of aromatic amines is 1. The summed E-state index contributed by atoms with van der Waals surface area (Å²) >= 11 is 0. The van der Waals surface area contributed by atoms with Crippen molar-refractivity contribution in [1.82, 2.24) is 20.6 Å². The number of benzene rings is 1. The predicted octanol–water partition coefficient (Wildman–Crippen LogP) is 1.49. The molecule has 1 heterocycles. The third-order valence-electron chi connectivity index (χ3n) is 2.90. The van der Waals surface area contributed by atoms with Crippen LogP contribution in [0.3, 0.4) is 0 Å². The first-order valence-corrected chi connectivity index (χ1v) is 5.87. The van der Waals surface area contributed by atoms with Gasteiger partial charge in [-0.2, -0.15) is 5.21 Å². The van der Waals surface area contributed by atoms with E-state index >= 15 is 0 Å². The van der Waals surface area contributed by atoms with Crippen LogP contribution in [0.4, 0.5) is 15.8 Å². The molecule has 0 amide bonds. The van der Waals surface area contributed by atoms with Crippen molar-refractivity contribution in [2.24, 2.45) is 0 Å². The third kappa shape index (κ3) is 2.87. The maximum atomic E-state index is 13.1. The average molecular weight is 280 g/mol. The molecule has 1 aromatic heterocycles. The Balaban J connectivity index is 2.21. The van der Waals surface area contributed by atoms with Gasteiger partial charge in [0.05, 0.1) is 11.0 Å². The summed E-state index contributed by atoms with van der Waals surface area (Å²) in [7, 11) is 1.69. The number of anilines is 1. The number of H-pyrrole nitrogens is 1. The van der Waals surface area contributed by atoms with Gasteiger partial charge in [-0.25, -0.2) is 4.39 Å². The molecule has 8 nitrogen and oxygen atoms in total. The van der Waals surface area contributed by atoms with Gasteiger partial charge in [-0.1, -0.05) is 12.1 Å². The molecule has 2 aromatic rings. The average Bonchev–Trinajstić information content (AvgIpc) is 2.92. The Morgan fingerprint density at radius 1 is 1.55 bits per heavy atom. The fraction of sp³-hybridized carbons (Fsp3) is 0.364. The van der Waals surface area contributed by atoms with Gasteiger partial charge in [0.1, 0.15) is 11.5 Å². The molecule has 0 spiro atoms. The van der Waals surface area contributed by atoms with Gasteiger partial charge in [0.2, 0.25) is 0 Å². The minimum absolute atomic E-state index is 0.0802. The maximum absolute atomic E-state index is 13.1. The molecule has 1 unspecified atom stereocenters. The summed E-state index contributed by atoms with van der Waals surface area (Å²) in [6.07, 6.45) is 0. The molecule has 0 saturated heterocycles. The molecule has 0 bridgehead atoms. The number of likely N-dealkylation sites (N-methyl/N-ethyl adjacent to an activating group) is 1. The molecule has 20 heavy (non-hydrogen) atoms. The molecular formula is C11H13FN6O2. The van der Waals surface area contributed by atoms with Crippen LogP contribution in [0, 0.1) is 15.9 Å². The zero-order valence-corrected chi connectivity index (χ0v) is 10.9. The normalized spacial score (nSPS) is 12.2. The number of tetrazole rings is 1. The molecule has 2 rings (SSSR count). The number of rotatable bonds is 5. The highest BCUT2D eigenvalue weighted by Crippen LogP contribution is 2.29. The Kier molecular flexibility index (Phi) is 3.87. The Bertz CT molecular complexity index is 603. The van der Waals surface area contributed by atoms with E-state index in [0.717, 1.165) is 6.07 Å². The lowest BCUT2D eigenvalue weighted by molar-refractivity contribution is -0.384. The number of aromatic nitrogens is 4. The van der Waals surface area contributed by atoms with E-state index in [-0.39, 0.29) is 11.6 Å². The Morgan fingerprint density at radius 2 is 2.30 bits per heavy atom. The molecule has 0 fully saturated rings. The summed E-state index contributed by atoms with van der Waals surface area (Å²) in [5, 5.41) is 24.5. The first-order chi connectivity index (χ1) is 9.49. The Labute approximate surface area is 113 Å². The largest absolute Gasteiger partial charge is 0.368 e. The first kappa shape index (κ1) is 13.8. The minimum Gasteiger partial charge on any atom is -0.368 e. The molecule has 0 aliphatic carbocycles. The van der Waals surface area contributed by atoms with Crippen molar-refractivity contribution >= 4 is 11.4 Å². The van der Waals surface area contributed by atoms with E-state index in [1.54, 1.807) is 11.9 Å². The topological polar surface area (TPSA) is 101 Å². The van der Waals surface area contributed by atoms with Crippen LogP contribution in [-0.4, -0.2) is 39.1 Å². The lowest BCUT2D eigenvalue weighted by atomic mass is 10.1. The van der Waals surface area contributed by atoms with Crippen LogP contribution in [0.5, 0.6) is 0 Å². The van der Waals surface area contributed by atoms with Crippen LogP contribution < -0.4 is 4.90 Å². The predicted molar refractivity (Wildman–Crippen MR) is 68.9 cm³/mol. The first-order valence-electron chi connectivity index (χ1n) is 5.87. The van der Waals surface area contributed by atoms with Gasteiger partial charge in [-0.05, 0) is 12.1 Å². The van der Waals surface area contributed by atoms with Crippen LogP contribution in [0.15, 0.2) is 18.2 Å². The second-order valence-corrected chi connectivity index (χ2v) is 4.44. The molecule has 0 saturated carbocycles. The van der Waals surface area contributed by atoms with E-state index in [9.17, 15) is 14.5 Å². The molecule has 9 heteroatoms. The van der Waals surface area contributed by atoms with E-state index in [1.165, 1.54) is 12.1 Å². The van der Waals surface area contributed by atoms with Gasteiger partial charge in [0.25, 0.3) is 5.69 Å². The van der Waals surface area contributed by atoms with Crippen molar-refractivity contribution in [3.05, 3.63) is 40.0 Å². The highest BCUT2D eigenvalue weighted by atomic mass is 19.1. The molecule has 1 aromatic carbocycles. The summed E-state index contributed by atoms with van der Waals surface area (Å²) in [6.45, 7) is 2.31. The van der Waals surface area contributed by atoms with Gasteiger partial charge < -0.3 is 4.90 Å². The molecule has 0 radical (unpaired) electrons. The lowest BCUT2D eigenvalue weighted by Crippen LogP contribution is -2.24. The minimum atomic E-state index is -0.639. The zero-order chi connectivity index (χ0) is 14.7. The number of nitrogens with zero attached hydrogens (tertiary/aromatic N) is 5. The number of halogens is 1. The molecular weight excluding hydrogens is 267 g/mol. The summed E-state index contributed by atoms with van der Waals surface area (Å²) in [5.41, 5.74) is 0.0690. The van der Waals surface area contributed by atoms with E-state index in [2.05, 4.69) is 20.6 Å². The summed E-state index contributed by atoms with van der Waals surface area (Å²) in [5.74, 6) is -0.204. The summed E-state index contributed by atoms with van der Waals surface area (Å²) in [4.78, 5) is 12.0. The van der Waals surface area contributed by atoms with Gasteiger partial charge in [-0.3, -0.25) is 10.1 Å². The smallest absolute Gasteiger partial charge is 0.295 e. The zero-order valence-electron chi connectivity index (χ0n) is 10.9. The van der Waals surface area contributed by atoms with Crippen LogP contribution in [0.2, 0.25) is 0 Å². The van der Waals surface area contributed by atoms with Crippen molar-refractivity contribution in [2.75, 3.05) is 18.5 Å². The van der Waals surface area contributed by atoms with Crippen molar-refractivity contribution in [2.45, 2.75) is 12.8 Å². The highest BCUT2D eigenvalue weighted by Gasteiger charge is 2.21. The maximum Gasteiger partial charge on any atom is 0.295 e. The monoisotopic (exact) mass is 280 g/mol. The standard InChI is InChI=1S/C11H13FN6O2/c1-7(11-13-15-16-14-11)6-17(2)9-4-3-8(12)5-10(9)18(19)20/h3-5,7H,6H2,1-2H3,(H,13,14,15,16). The molecule has 0 aliphatic rings. The highest BCUT2D eigenvalue weighted by molar-refractivity contribution is 5.62. The van der Waals surface area contributed by atoms with Crippen LogP contribution in [-0.2, 0) is 0 Å². The van der Waals surface area contributed by atoms with Crippen molar-refractivity contribution < 1.29 is 9.31 Å². The number of nitrogens with one attached hydrogen (secondary N) is 1. The third-order valence-corrected chi connectivity index (χ3v) is 2.90. The number of nitro benzene ring substituents is 1. The summed E-state index contributed by atoms with van der Waals surface area (Å²) < 4.78 is 13.1. The quantitative estimate of drug-likeness (QED) is 0.657. The second kappa shape index (κ2) is 5.59. The van der Waals surface area contributed by atoms with Crippen LogP contribution >= 0.6 is 0 Å². The van der Waals surface area contributed by atoms with Crippen molar-refractivity contribution in [3.8, 4) is 0 Å². The van der Waals surface area contributed by atoms with E-state index in [4.69, 9.17) is 0 Å².